The third kappa shape index (κ3) is 3.42. The highest BCUT2D eigenvalue weighted by molar-refractivity contribution is 6.04. The monoisotopic (exact) mass is 349 g/mol. The molecular formula is C21H19NO4. The number of nitrogens with zero attached hydrogens (tertiary/aromatic N) is 1. The molecule has 1 amide bonds. The van der Waals surface area contributed by atoms with Crippen molar-refractivity contribution in [2.75, 3.05) is 4.90 Å². The molecule has 0 radical (unpaired) electrons. The van der Waals surface area contributed by atoms with Crippen LogP contribution in [0.2, 0.25) is 0 Å². The number of aldehydes is 2. The number of hydrogen-bond donors (Lipinski definition) is 0. The van der Waals surface area contributed by atoms with Crippen molar-refractivity contribution in [2.24, 2.45) is 0 Å². The van der Waals surface area contributed by atoms with Crippen LogP contribution < -0.4 is 4.90 Å². The summed E-state index contributed by atoms with van der Waals surface area (Å²) < 4.78 is 5.58. The molecule has 3 rings (SSSR count). The van der Waals surface area contributed by atoms with Crippen molar-refractivity contribution in [3.05, 3.63) is 58.7 Å². The van der Waals surface area contributed by atoms with Crippen LogP contribution in [0.1, 0.15) is 52.6 Å². The third-order valence-corrected chi connectivity index (χ3v) is 3.88. The number of hydrogen-bond acceptors (Lipinski definition) is 4. The molecule has 0 saturated heterocycles. The summed E-state index contributed by atoms with van der Waals surface area (Å²) in [5, 5.41) is 0. The Kier molecular flexibility index (Phi) is 4.47. The minimum absolute atomic E-state index is 0.511. The number of fused-ring (bicyclic) bond motifs is 2. The van der Waals surface area contributed by atoms with E-state index in [-0.39, 0.29) is 0 Å². The van der Waals surface area contributed by atoms with E-state index in [1.807, 2.05) is 12.2 Å². The molecule has 0 saturated carbocycles. The van der Waals surface area contributed by atoms with Crippen molar-refractivity contribution in [2.45, 2.75) is 26.4 Å². The fourth-order valence-corrected chi connectivity index (χ4v) is 2.78. The lowest BCUT2D eigenvalue weighted by Gasteiger charge is -2.28. The fraction of sp³-hybridized carbons (Fsp3) is 0.190. The van der Waals surface area contributed by atoms with Gasteiger partial charge >= 0.3 is 6.09 Å². The van der Waals surface area contributed by atoms with E-state index in [1.165, 1.54) is 4.90 Å². The number of rotatable bonds is 2. The molecule has 0 bridgehead atoms. The van der Waals surface area contributed by atoms with Gasteiger partial charge in [-0.15, -0.1) is 0 Å². The Balaban J connectivity index is 2.20. The van der Waals surface area contributed by atoms with Gasteiger partial charge in [0, 0.05) is 11.1 Å². The van der Waals surface area contributed by atoms with Gasteiger partial charge in [-0.2, -0.15) is 0 Å². The molecule has 5 heteroatoms. The van der Waals surface area contributed by atoms with Crippen LogP contribution in [0.25, 0.3) is 12.2 Å². The Labute approximate surface area is 151 Å². The number of anilines is 2. The molecule has 0 atom stereocenters. The summed E-state index contributed by atoms with van der Waals surface area (Å²) in [6.45, 7) is 5.40. The molecule has 2 aromatic rings. The maximum atomic E-state index is 12.9. The summed E-state index contributed by atoms with van der Waals surface area (Å²) in [6, 6.07) is 10.2. The van der Waals surface area contributed by atoms with Crippen LogP contribution in [0.15, 0.2) is 36.4 Å². The topological polar surface area (TPSA) is 63.7 Å². The Bertz CT molecular complexity index is 861. The maximum absolute atomic E-state index is 12.9. The van der Waals surface area contributed by atoms with Gasteiger partial charge in [-0.1, -0.05) is 12.2 Å². The van der Waals surface area contributed by atoms with Gasteiger partial charge < -0.3 is 4.74 Å². The van der Waals surface area contributed by atoms with E-state index in [2.05, 4.69) is 0 Å². The molecule has 5 nitrogen and oxygen atoms in total. The van der Waals surface area contributed by atoms with Crippen LogP contribution in [-0.2, 0) is 4.74 Å². The second kappa shape index (κ2) is 6.59. The first kappa shape index (κ1) is 17.6. The molecule has 0 aromatic heterocycles. The SMILES string of the molecule is CC(C)(C)OC(=O)N1c2ccc(C=O)cc2C=Cc2cc(C=O)ccc21. The predicted octanol–water partition coefficient (Wildman–Crippen LogP) is 4.87. The average molecular weight is 349 g/mol. The first-order valence-electron chi connectivity index (χ1n) is 8.22. The second-order valence-electron chi connectivity index (χ2n) is 7.02. The summed E-state index contributed by atoms with van der Waals surface area (Å²) >= 11 is 0. The highest BCUT2D eigenvalue weighted by atomic mass is 16.6. The number of carbonyl (C=O) groups excluding carboxylic acids is 3. The van der Waals surface area contributed by atoms with E-state index in [4.69, 9.17) is 4.74 Å². The number of carbonyl (C=O) groups is 3. The summed E-state index contributed by atoms with van der Waals surface area (Å²) in [4.78, 5) is 36.6. The van der Waals surface area contributed by atoms with Gasteiger partial charge in [-0.25, -0.2) is 9.69 Å². The quantitative estimate of drug-likeness (QED) is 0.726. The molecule has 132 valence electrons. The lowest BCUT2D eigenvalue weighted by Crippen LogP contribution is -2.34. The summed E-state index contributed by atoms with van der Waals surface area (Å²) in [6.07, 6.45) is 4.63. The Morgan fingerprint density at radius 2 is 1.35 bits per heavy atom. The first-order chi connectivity index (χ1) is 12.3. The average Bonchev–Trinajstić information content (AvgIpc) is 2.75. The smallest absolute Gasteiger partial charge is 0.419 e. The van der Waals surface area contributed by atoms with Crippen molar-refractivity contribution >= 4 is 42.2 Å². The molecule has 0 unspecified atom stereocenters. The molecule has 0 fully saturated rings. The van der Waals surface area contributed by atoms with E-state index in [0.29, 0.717) is 33.6 Å². The highest BCUT2D eigenvalue weighted by Crippen LogP contribution is 2.38. The molecule has 0 spiro atoms. The number of amides is 1. The summed E-state index contributed by atoms with van der Waals surface area (Å²) in [5.41, 5.74) is 3.00. The molecule has 1 aliphatic rings. The minimum atomic E-state index is -0.664. The first-order valence-corrected chi connectivity index (χ1v) is 8.22. The van der Waals surface area contributed by atoms with Crippen LogP contribution in [0, 0.1) is 0 Å². The van der Waals surface area contributed by atoms with Gasteiger partial charge in [-0.05, 0) is 68.3 Å². The molecule has 0 N–H and O–H groups in total. The maximum Gasteiger partial charge on any atom is 0.419 e. The largest absolute Gasteiger partial charge is 0.443 e. The van der Waals surface area contributed by atoms with Crippen molar-refractivity contribution in [3.8, 4) is 0 Å². The van der Waals surface area contributed by atoms with E-state index >= 15 is 0 Å². The number of benzene rings is 2. The van der Waals surface area contributed by atoms with Gasteiger partial charge in [0.15, 0.2) is 0 Å². The normalized spacial score (nSPS) is 12.7. The van der Waals surface area contributed by atoms with Crippen LogP contribution in [0.4, 0.5) is 16.2 Å². The van der Waals surface area contributed by atoms with Gasteiger partial charge in [0.05, 0.1) is 11.4 Å². The molecular weight excluding hydrogens is 330 g/mol. The van der Waals surface area contributed by atoms with E-state index in [0.717, 1.165) is 12.6 Å². The Morgan fingerprint density at radius 3 is 1.73 bits per heavy atom. The van der Waals surface area contributed by atoms with Crippen LogP contribution in [0.5, 0.6) is 0 Å². The highest BCUT2D eigenvalue weighted by Gasteiger charge is 2.29. The molecule has 1 heterocycles. The minimum Gasteiger partial charge on any atom is -0.443 e. The zero-order chi connectivity index (χ0) is 18.9. The molecule has 0 aliphatic carbocycles. The fourth-order valence-electron chi connectivity index (χ4n) is 2.78. The van der Waals surface area contributed by atoms with Crippen LogP contribution >= 0.6 is 0 Å². The van der Waals surface area contributed by atoms with Crippen LogP contribution in [-0.4, -0.2) is 24.3 Å². The molecule has 2 aromatic carbocycles. The van der Waals surface area contributed by atoms with Gasteiger partial charge in [0.25, 0.3) is 0 Å². The standard InChI is InChI=1S/C21H19NO4/c1-21(2,3)26-20(25)22-18-8-4-14(12-23)10-16(18)6-7-17-11-15(13-24)5-9-19(17)22/h4-13H,1-3H3. The molecule has 1 aliphatic heterocycles. The van der Waals surface area contributed by atoms with Gasteiger partial charge in [0.2, 0.25) is 0 Å². The third-order valence-electron chi connectivity index (χ3n) is 3.88. The lowest BCUT2D eigenvalue weighted by atomic mass is 10.1. The van der Waals surface area contributed by atoms with Crippen molar-refractivity contribution in [1.29, 1.82) is 0 Å². The zero-order valence-corrected chi connectivity index (χ0v) is 14.9. The van der Waals surface area contributed by atoms with Gasteiger partial charge in [0.1, 0.15) is 18.2 Å². The zero-order valence-electron chi connectivity index (χ0n) is 14.9. The summed E-state index contributed by atoms with van der Waals surface area (Å²) in [5.74, 6) is 0. The lowest BCUT2D eigenvalue weighted by molar-refractivity contribution is 0.0599. The number of ether oxygens (including phenoxy) is 1. The molecule has 26 heavy (non-hydrogen) atoms. The van der Waals surface area contributed by atoms with E-state index < -0.39 is 11.7 Å². The van der Waals surface area contributed by atoms with Crippen molar-refractivity contribution in [3.63, 3.8) is 0 Å². The van der Waals surface area contributed by atoms with E-state index in [9.17, 15) is 14.4 Å². The van der Waals surface area contributed by atoms with Crippen LogP contribution in [0.3, 0.4) is 0 Å². The Hall–Kier alpha value is -3.21. The van der Waals surface area contributed by atoms with E-state index in [1.54, 1.807) is 57.2 Å². The van der Waals surface area contributed by atoms with Crippen molar-refractivity contribution in [1.82, 2.24) is 0 Å². The van der Waals surface area contributed by atoms with Gasteiger partial charge in [-0.3, -0.25) is 9.59 Å². The Morgan fingerprint density at radius 1 is 0.885 bits per heavy atom. The second-order valence-corrected chi connectivity index (χ2v) is 7.02. The summed E-state index contributed by atoms with van der Waals surface area (Å²) in [7, 11) is 0. The van der Waals surface area contributed by atoms with Crippen molar-refractivity contribution < 1.29 is 19.1 Å². The predicted molar refractivity (Wildman–Crippen MR) is 101 cm³/mol.